The van der Waals surface area contributed by atoms with Gasteiger partial charge in [0, 0.05) is 12.6 Å². The lowest BCUT2D eigenvalue weighted by Gasteiger charge is -2.19. The van der Waals surface area contributed by atoms with E-state index >= 15 is 0 Å². The van der Waals surface area contributed by atoms with Crippen LogP contribution in [0.5, 0.6) is 0 Å². The SMILES string of the molecule is CCN(CC(=O)Nc1ccccc1C(F)(F)F)C(=O)/C=C/c1ccc(I)o1. The van der Waals surface area contributed by atoms with E-state index in [2.05, 4.69) is 5.32 Å². The largest absolute Gasteiger partial charge is 0.451 e. The fraction of sp³-hybridized carbons (Fsp3) is 0.222. The second kappa shape index (κ2) is 9.07. The second-order valence-electron chi connectivity index (χ2n) is 5.42. The predicted molar refractivity (Wildman–Crippen MR) is 103 cm³/mol. The number of amides is 2. The highest BCUT2D eigenvalue weighted by molar-refractivity contribution is 14.1. The molecule has 144 valence electrons. The van der Waals surface area contributed by atoms with Crippen LogP contribution >= 0.6 is 22.6 Å². The number of benzene rings is 1. The number of halogens is 4. The lowest BCUT2D eigenvalue weighted by atomic mass is 10.1. The fourth-order valence-electron chi connectivity index (χ4n) is 2.22. The van der Waals surface area contributed by atoms with Crippen molar-refractivity contribution in [2.45, 2.75) is 13.1 Å². The van der Waals surface area contributed by atoms with Crippen LogP contribution in [0.25, 0.3) is 6.08 Å². The topological polar surface area (TPSA) is 62.6 Å². The highest BCUT2D eigenvalue weighted by Crippen LogP contribution is 2.34. The van der Waals surface area contributed by atoms with Crippen LogP contribution < -0.4 is 5.32 Å². The van der Waals surface area contributed by atoms with E-state index in [0.717, 1.165) is 12.1 Å². The number of alkyl halides is 3. The molecule has 0 unspecified atom stereocenters. The molecular formula is C18H16F3IN2O3. The number of hydrogen-bond donors (Lipinski definition) is 1. The van der Waals surface area contributed by atoms with E-state index in [0.29, 0.717) is 9.53 Å². The van der Waals surface area contributed by atoms with E-state index in [4.69, 9.17) is 4.42 Å². The number of nitrogens with zero attached hydrogens (tertiary/aromatic N) is 1. The minimum absolute atomic E-state index is 0.215. The average Bonchev–Trinajstić information content (AvgIpc) is 3.02. The van der Waals surface area contributed by atoms with Crippen molar-refractivity contribution in [3.8, 4) is 0 Å². The summed E-state index contributed by atoms with van der Waals surface area (Å²) in [5.41, 5.74) is -1.29. The molecule has 0 saturated heterocycles. The number of carbonyl (C=O) groups excluding carboxylic acids is 2. The first-order valence-electron chi connectivity index (χ1n) is 7.89. The molecule has 0 aliphatic rings. The molecule has 0 saturated carbocycles. The molecule has 1 heterocycles. The van der Waals surface area contributed by atoms with E-state index < -0.39 is 23.6 Å². The van der Waals surface area contributed by atoms with E-state index in [1.54, 1.807) is 19.1 Å². The third-order valence-corrected chi connectivity index (χ3v) is 4.10. The van der Waals surface area contributed by atoms with Gasteiger partial charge in [-0.15, -0.1) is 0 Å². The number of likely N-dealkylation sites (N-methyl/N-ethyl adjacent to an activating group) is 1. The van der Waals surface area contributed by atoms with E-state index in [1.807, 2.05) is 22.6 Å². The Balaban J connectivity index is 2.03. The Hall–Kier alpha value is -2.30. The normalized spacial score (nSPS) is 11.6. The Labute approximate surface area is 167 Å². The molecule has 5 nitrogen and oxygen atoms in total. The Morgan fingerprint density at radius 1 is 1.22 bits per heavy atom. The quantitative estimate of drug-likeness (QED) is 0.481. The summed E-state index contributed by atoms with van der Waals surface area (Å²) in [6.45, 7) is 1.51. The molecule has 0 bridgehead atoms. The number of hydrogen-bond acceptors (Lipinski definition) is 3. The van der Waals surface area contributed by atoms with Crippen LogP contribution in [-0.4, -0.2) is 29.8 Å². The zero-order valence-corrected chi connectivity index (χ0v) is 16.4. The van der Waals surface area contributed by atoms with Gasteiger partial charge in [0.2, 0.25) is 11.8 Å². The van der Waals surface area contributed by atoms with Gasteiger partial charge < -0.3 is 14.6 Å². The van der Waals surface area contributed by atoms with E-state index in [1.165, 1.54) is 29.2 Å². The number of carbonyl (C=O) groups is 2. The maximum Gasteiger partial charge on any atom is 0.418 e. The fourth-order valence-corrected chi connectivity index (χ4v) is 2.66. The molecule has 2 aromatic rings. The number of nitrogens with one attached hydrogen (secondary N) is 1. The third-order valence-electron chi connectivity index (χ3n) is 3.52. The number of rotatable bonds is 6. The summed E-state index contributed by atoms with van der Waals surface area (Å²) < 4.78 is 44.9. The van der Waals surface area contributed by atoms with Gasteiger partial charge in [-0.2, -0.15) is 13.2 Å². The zero-order chi connectivity index (χ0) is 20.0. The van der Waals surface area contributed by atoms with Crippen LogP contribution in [0.2, 0.25) is 0 Å². The molecule has 0 atom stereocenters. The monoisotopic (exact) mass is 492 g/mol. The van der Waals surface area contributed by atoms with Crippen LogP contribution in [0.4, 0.5) is 18.9 Å². The summed E-state index contributed by atoms with van der Waals surface area (Å²) in [7, 11) is 0. The van der Waals surface area contributed by atoms with Crippen LogP contribution in [-0.2, 0) is 15.8 Å². The van der Waals surface area contributed by atoms with Gasteiger partial charge in [-0.05, 0) is 59.9 Å². The van der Waals surface area contributed by atoms with Gasteiger partial charge >= 0.3 is 6.18 Å². The summed E-state index contributed by atoms with van der Waals surface area (Å²) >= 11 is 1.98. The zero-order valence-electron chi connectivity index (χ0n) is 14.2. The summed E-state index contributed by atoms with van der Waals surface area (Å²) in [5, 5.41) is 2.22. The highest BCUT2D eigenvalue weighted by atomic mass is 127. The van der Waals surface area contributed by atoms with E-state index in [-0.39, 0.29) is 18.8 Å². The summed E-state index contributed by atoms with van der Waals surface area (Å²) in [4.78, 5) is 25.5. The van der Waals surface area contributed by atoms with Gasteiger partial charge in [-0.25, -0.2) is 0 Å². The molecule has 2 amide bonds. The number of anilines is 1. The Kier molecular flexibility index (Phi) is 7.05. The summed E-state index contributed by atoms with van der Waals surface area (Å²) in [5.74, 6) is -0.696. The second-order valence-corrected chi connectivity index (χ2v) is 6.48. The first kappa shape index (κ1) is 21.0. The molecule has 9 heteroatoms. The predicted octanol–water partition coefficient (Wildman–Crippen LogP) is 4.40. The van der Waals surface area contributed by atoms with Crippen molar-refractivity contribution in [1.82, 2.24) is 4.90 Å². The van der Waals surface area contributed by atoms with Gasteiger partial charge in [-0.1, -0.05) is 12.1 Å². The molecule has 0 aliphatic carbocycles. The minimum Gasteiger partial charge on any atom is -0.451 e. The first-order valence-corrected chi connectivity index (χ1v) is 8.97. The first-order chi connectivity index (χ1) is 12.7. The minimum atomic E-state index is -4.59. The average molecular weight is 492 g/mol. The smallest absolute Gasteiger partial charge is 0.418 e. The Morgan fingerprint density at radius 3 is 2.52 bits per heavy atom. The van der Waals surface area contributed by atoms with Crippen molar-refractivity contribution in [3.63, 3.8) is 0 Å². The maximum atomic E-state index is 13.0. The van der Waals surface area contributed by atoms with Crippen LogP contribution in [0.3, 0.4) is 0 Å². The van der Waals surface area contributed by atoms with Crippen molar-refractivity contribution in [2.75, 3.05) is 18.4 Å². The maximum absolute atomic E-state index is 13.0. The van der Waals surface area contributed by atoms with Crippen LogP contribution in [0.1, 0.15) is 18.2 Å². The van der Waals surface area contributed by atoms with Crippen molar-refractivity contribution in [1.29, 1.82) is 0 Å². The van der Waals surface area contributed by atoms with Gasteiger partial charge in [0.15, 0.2) is 3.77 Å². The van der Waals surface area contributed by atoms with Gasteiger partial charge in [0.25, 0.3) is 0 Å². The third kappa shape index (κ3) is 6.12. The van der Waals surface area contributed by atoms with Crippen molar-refractivity contribution in [2.24, 2.45) is 0 Å². The molecular weight excluding hydrogens is 476 g/mol. The van der Waals surface area contributed by atoms with Crippen molar-refractivity contribution >= 4 is 46.2 Å². The van der Waals surface area contributed by atoms with Gasteiger partial charge in [-0.3, -0.25) is 9.59 Å². The highest BCUT2D eigenvalue weighted by Gasteiger charge is 2.33. The standard InChI is InChI=1S/C18H16F3IN2O3/c1-2-24(17(26)10-8-12-7-9-15(22)27-12)11-16(25)23-14-6-4-3-5-13(14)18(19,20)21/h3-10H,2,11H2,1H3,(H,23,25)/b10-8+. The van der Waals surface area contributed by atoms with E-state index in [9.17, 15) is 22.8 Å². The Bertz CT molecular complexity index is 846. The lowest BCUT2D eigenvalue weighted by Crippen LogP contribution is -2.37. The van der Waals surface area contributed by atoms with Crippen LogP contribution in [0.15, 0.2) is 46.9 Å². The summed E-state index contributed by atoms with van der Waals surface area (Å²) in [6, 6.07) is 8.08. The van der Waals surface area contributed by atoms with Crippen LogP contribution in [0, 0.1) is 3.77 Å². The molecule has 1 N–H and O–H groups in total. The molecule has 1 aromatic carbocycles. The molecule has 0 aliphatic heterocycles. The molecule has 0 radical (unpaired) electrons. The van der Waals surface area contributed by atoms with Crippen molar-refractivity contribution in [3.05, 3.63) is 57.6 Å². The summed E-state index contributed by atoms with van der Waals surface area (Å²) in [6.07, 6.45) is -1.88. The lowest BCUT2D eigenvalue weighted by molar-refractivity contribution is -0.137. The number of furan rings is 1. The van der Waals surface area contributed by atoms with Gasteiger partial charge in [0.05, 0.1) is 11.3 Å². The number of para-hydroxylation sites is 1. The molecule has 27 heavy (non-hydrogen) atoms. The van der Waals surface area contributed by atoms with Gasteiger partial charge in [0.1, 0.15) is 12.3 Å². The Morgan fingerprint density at radius 2 is 1.93 bits per heavy atom. The molecule has 0 fully saturated rings. The molecule has 2 rings (SSSR count). The molecule has 1 aromatic heterocycles. The van der Waals surface area contributed by atoms with Crippen molar-refractivity contribution < 1.29 is 27.2 Å². The molecule has 0 spiro atoms.